The van der Waals surface area contributed by atoms with E-state index in [1.165, 1.54) is 7.11 Å². The number of aryl methyl sites for hydroxylation is 1. The van der Waals surface area contributed by atoms with Crippen LogP contribution in [0.25, 0.3) is 0 Å². The van der Waals surface area contributed by atoms with Crippen LogP contribution >= 0.6 is 0 Å². The fourth-order valence-corrected chi connectivity index (χ4v) is 2.50. The molecule has 3 rings (SSSR count). The standard InChI is InChI=1S/C15H16N4O2/c1-9-4-3-5-10(8-9)19-7-6-11-12(14(19)20)13(16)18-15(17-11)21-2/h3-5,8H,6-7H2,1-2H3,(H2,16,17,18). The van der Waals surface area contributed by atoms with Crippen LogP contribution < -0.4 is 15.4 Å². The maximum atomic E-state index is 12.7. The van der Waals surface area contributed by atoms with Crippen LogP contribution in [0.5, 0.6) is 6.01 Å². The first-order valence-corrected chi connectivity index (χ1v) is 6.69. The quantitative estimate of drug-likeness (QED) is 0.905. The molecule has 2 N–H and O–H groups in total. The third-order valence-corrected chi connectivity index (χ3v) is 3.52. The second-order valence-corrected chi connectivity index (χ2v) is 4.96. The van der Waals surface area contributed by atoms with Gasteiger partial charge in [0.2, 0.25) is 0 Å². The number of aromatic nitrogens is 2. The average Bonchev–Trinajstić information content (AvgIpc) is 2.47. The van der Waals surface area contributed by atoms with Gasteiger partial charge >= 0.3 is 6.01 Å². The van der Waals surface area contributed by atoms with Gasteiger partial charge in [0.15, 0.2) is 0 Å². The first kappa shape index (κ1) is 13.4. The molecule has 0 aliphatic carbocycles. The van der Waals surface area contributed by atoms with E-state index in [2.05, 4.69) is 9.97 Å². The molecular formula is C15H16N4O2. The molecule has 6 heteroatoms. The zero-order valence-corrected chi connectivity index (χ0v) is 12.0. The number of methoxy groups -OCH3 is 1. The van der Waals surface area contributed by atoms with Crippen molar-refractivity contribution >= 4 is 17.4 Å². The van der Waals surface area contributed by atoms with E-state index in [1.54, 1.807) is 4.90 Å². The molecule has 0 unspecified atom stereocenters. The van der Waals surface area contributed by atoms with Gasteiger partial charge in [0.1, 0.15) is 11.4 Å². The predicted molar refractivity (Wildman–Crippen MR) is 79.6 cm³/mol. The summed E-state index contributed by atoms with van der Waals surface area (Å²) >= 11 is 0. The first-order chi connectivity index (χ1) is 10.1. The number of carbonyl (C=O) groups excluding carboxylic acids is 1. The Labute approximate surface area is 122 Å². The highest BCUT2D eigenvalue weighted by Crippen LogP contribution is 2.27. The molecule has 108 valence electrons. The molecule has 0 fully saturated rings. The zero-order valence-electron chi connectivity index (χ0n) is 12.0. The number of amides is 1. The van der Waals surface area contributed by atoms with E-state index in [1.807, 2.05) is 31.2 Å². The van der Waals surface area contributed by atoms with Crippen molar-refractivity contribution in [2.24, 2.45) is 0 Å². The van der Waals surface area contributed by atoms with Crippen LogP contribution in [0.1, 0.15) is 21.6 Å². The second-order valence-electron chi connectivity index (χ2n) is 4.96. The molecule has 1 aliphatic rings. The Morgan fingerprint density at radius 3 is 2.86 bits per heavy atom. The summed E-state index contributed by atoms with van der Waals surface area (Å²) in [6.45, 7) is 2.56. The number of rotatable bonds is 2. The molecule has 0 bridgehead atoms. The molecule has 2 heterocycles. The monoisotopic (exact) mass is 284 g/mol. The van der Waals surface area contributed by atoms with Crippen LogP contribution in [0.3, 0.4) is 0 Å². The number of nitrogens with zero attached hydrogens (tertiary/aromatic N) is 3. The highest BCUT2D eigenvalue weighted by molar-refractivity contribution is 6.10. The largest absolute Gasteiger partial charge is 0.467 e. The van der Waals surface area contributed by atoms with Crippen molar-refractivity contribution in [1.29, 1.82) is 0 Å². The van der Waals surface area contributed by atoms with Crippen molar-refractivity contribution < 1.29 is 9.53 Å². The molecule has 1 aromatic heterocycles. The van der Waals surface area contributed by atoms with E-state index >= 15 is 0 Å². The number of hydrogen-bond acceptors (Lipinski definition) is 5. The maximum Gasteiger partial charge on any atom is 0.318 e. The van der Waals surface area contributed by atoms with Crippen LogP contribution in [0.15, 0.2) is 24.3 Å². The molecule has 0 atom stereocenters. The Hall–Kier alpha value is -2.63. The maximum absolute atomic E-state index is 12.7. The number of benzene rings is 1. The summed E-state index contributed by atoms with van der Waals surface area (Å²) in [4.78, 5) is 22.6. The summed E-state index contributed by atoms with van der Waals surface area (Å²) in [7, 11) is 1.48. The Kier molecular flexibility index (Phi) is 3.21. The second kappa shape index (κ2) is 5.05. The van der Waals surface area contributed by atoms with Gasteiger partial charge in [-0.1, -0.05) is 12.1 Å². The topological polar surface area (TPSA) is 81.3 Å². The summed E-state index contributed by atoms with van der Waals surface area (Å²) in [5.74, 6) is 0.00112. The van der Waals surface area contributed by atoms with Gasteiger partial charge in [-0.2, -0.15) is 9.97 Å². The van der Waals surface area contributed by atoms with E-state index in [0.717, 1.165) is 11.3 Å². The molecule has 6 nitrogen and oxygen atoms in total. The van der Waals surface area contributed by atoms with Gasteiger partial charge in [-0.15, -0.1) is 0 Å². The summed E-state index contributed by atoms with van der Waals surface area (Å²) in [6, 6.07) is 8.01. The fourth-order valence-electron chi connectivity index (χ4n) is 2.50. The third kappa shape index (κ3) is 2.29. The van der Waals surface area contributed by atoms with E-state index in [4.69, 9.17) is 10.5 Å². The predicted octanol–water partition coefficient (Wildman–Crippen LogP) is 1.58. The molecule has 1 amide bonds. The van der Waals surface area contributed by atoms with Gasteiger partial charge in [0.25, 0.3) is 5.91 Å². The van der Waals surface area contributed by atoms with Crippen molar-refractivity contribution in [2.45, 2.75) is 13.3 Å². The minimum absolute atomic E-state index is 0.165. The molecule has 1 aliphatic heterocycles. The smallest absolute Gasteiger partial charge is 0.318 e. The van der Waals surface area contributed by atoms with Crippen LogP contribution in [-0.2, 0) is 6.42 Å². The lowest BCUT2D eigenvalue weighted by molar-refractivity contribution is 0.0980. The van der Waals surface area contributed by atoms with E-state index < -0.39 is 0 Å². The summed E-state index contributed by atoms with van der Waals surface area (Å²) in [6.07, 6.45) is 0.623. The minimum atomic E-state index is -0.165. The lowest BCUT2D eigenvalue weighted by atomic mass is 10.0. The molecule has 0 radical (unpaired) electrons. The Balaban J connectivity index is 2.03. The van der Waals surface area contributed by atoms with E-state index in [9.17, 15) is 4.79 Å². The SMILES string of the molecule is COc1nc(N)c2c(n1)CCN(c1cccc(C)c1)C2=O. The first-order valence-electron chi connectivity index (χ1n) is 6.69. The normalized spacial score (nSPS) is 14.0. The van der Waals surface area contributed by atoms with Crippen molar-refractivity contribution in [3.63, 3.8) is 0 Å². The Morgan fingerprint density at radius 2 is 2.14 bits per heavy atom. The number of hydrogen-bond donors (Lipinski definition) is 1. The van der Waals surface area contributed by atoms with Crippen LogP contribution in [0.2, 0.25) is 0 Å². The van der Waals surface area contributed by atoms with Crippen molar-refractivity contribution in [3.8, 4) is 6.01 Å². The third-order valence-electron chi connectivity index (χ3n) is 3.52. The van der Waals surface area contributed by atoms with Gasteiger partial charge in [-0.25, -0.2) is 0 Å². The minimum Gasteiger partial charge on any atom is -0.467 e. The molecule has 0 saturated heterocycles. The molecule has 0 saturated carbocycles. The molecule has 21 heavy (non-hydrogen) atoms. The number of anilines is 2. The summed E-state index contributed by atoms with van der Waals surface area (Å²) in [5, 5.41) is 0. The van der Waals surface area contributed by atoms with Crippen LogP contribution in [-0.4, -0.2) is 29.5 Å². The van der Waals surface area contributed by atoms with Gasteiger partial charge in [-0.05, 0) is 24.6 Å². The van der Waals surface area contributed by atoms with Gasteiger partial charge in [0.05, 0.1) is 12.8 Å². The Morgan fingerprint density at radius 1 is 1.33 bits per heavy atom. The molecule has 0 spiro atoms. The number of nitrogens with two attached hydrogens (primary N) is 1. The fraction of sp³-hybridized carbons (Fsp3) is 0.267. The Bertz CT molecular complexity index is 715. The highest BCUT2D eigenvalue weighted by atomic mass is 16.5. The zero-order chi connectivity index (χ0) is 15.0. The van der Waals surface area contributed by atoms with Gasteiger partial charge < -0.3 is 15.4 Å². The number of carbonyl (C=O) groups is 1. The molecule has 1 aromatic carbocycles. The summed E-state index contributed by atoms with van der Waals surface area (Å²) in [5.41, 5.74) is 8.89. The summed E-state index contributed by atoms with van der Waals surface area (Å²) < 4.78 is 5.00. The van der Waals surface area contributed by atoms with E-state index in [-0.39, 0.29) is 17.7 Å². The lowest BCUT2D eigenvalue weighted by Gasteiger charge is -2.28. The van der Waals surface area contributed by atoms with Crippen LogP contribution in [0.4, 0.5) is 11.5 Å². The van der Waals surface area contributed by atoms with Crippen LogP contribution in [0, 0.1) is 6.92 Å². The lowest BCUT2D eigenvalue weighted by Crippen LogP contribution is -2.39. The van der Waals surface area contributed by atoms with Crippen molar-refractivity contribution in [1.82, 2.24) is 9.97 Å². The number of nitrogen functional groups attached to an aromatic ring is 1. The molecule has 2 aromatic rings. The molecular weight excluding hydrogens is 268 g/mol. The number of ether oxygens (including phenoxy) is 1. The van der Waals surface area contributed by atoms with Gasteiger partial charge in [-0.3, -0.25) is 4.79 Å². The van der Waals surface area contributed by atoms with E-state index in [0.29, 0.717) is 24.2 Å². The average molecular weight is 284 g/mol. The van der Waals surface area contributed by atoms with Crippen molar-refractivity contribution in [2.75, 3.05) is 24.3 Å². The van der Waals surface area contributed by atoms with Gasteiger partial charge in [0, 0.05) is 18.7 Å². The highest BCUT2D eigenvalue weighted by Gasteiger charge is 2.30. The number of fused-ring (bicyclic) bond motifs is 1. The van der Waals surface area contributed by atoms with Crippen molar-refractivity contribution in [3.05, 3.63) is 41.1 Å².